The number of hydrogen-bond acceptors (Lipinski definition) is 4. The molecule has 5 nitrogen and oxygen atoms in total. The lowest BCUT2D eigenvalue weighted by Crippen LogP contribution is -2.37. The van der Waals surface area contributed by atoms with Crippen molar-refractivity contribution in [3.05, 3.63) is 23.5 Å². The largest absolute Gasteiger partial charge is 0.493 e. The molecule has 1 amide bonds. The quantitative estimate of drug-likeness (QED) is 0.774. The first-order valence-electron chi connectivity index (χ1n) is 8.36. The number of halogens is 1. The summed E-state index contributed by atoms with van der Waals surface area (Å²) in [6.45, 7) is 8.95. The van der Waals surface area contributed by atoms with Gasteiger partial charge in [0.1, 0.15) is 29.5 Å². The molecule has 0 N–H and O–H groups in total. The standard InChI is InChI=1S/C18H26FNO4/c1-5-6-8-22-15-10-13(19)11-16-14(15)12-20(7-9-23-16)17(21)24-18(2,3)4/h10-11H,5-9,12H2,1-4H3. The first kappa shape index (κ1) is 18.4. The number of unbranched alkanes of at least 4 members (excludes halogenated alkanes) is 1. The molecule has 0 aromatic heterocycles. The number of carbonyl (C=O) groups excluding carboxylic acids is 1. The third-order valence-corrected chi connectivity index (χ3v) is 3.51. The second-order valence-electron chi connectivity index (χ2n) is 6.83. The molecule has 0 fully saturated rings. The summed E-state index contributed by atoms with van der Waals surface area (Å²) in [7, 11) is 0. The van der Waals surface area contributed by atoms with E-state index in [1.54, 1.807) is 4.90 Å². The number of hydrogen-bond donors (Lipinski definition) is 0. The van der Waals surface area contributed by atoms with E-state index >= 15 is 0 Å². The van der Waals surface area contributed by atoms with Crippen molar-refractivity contribution in [3.63, 3.8) is 0 Å². The normalized spacial score (nSPS) is 14.5. The van der Waals surface area contributed by atoms with E-state index in [0.717, 1.165) is 12.8 Å². The summed E-state index contributed by atoms with van der Waals surface area (Å²) < 4.78 is 30.6. The van der Waals surface area contributed by atoms with Gasteiger partial charge in [-0.05, 0) is 27.2 Å². The lowest BCUT2D eigenvalue weighted by molar-refractivity contribution is 0.0224. The molecule has 0 bridgehead atoms. The zero-order valence-corrected chi connectivity index (χ0v) is 14.9. The summed E-state index contributed by atoms with van der Waals surface area (Å²) in [6, 6.07) is 2.68. The summed E-state index contributed by atoms with van der Waals surface area (Å²) >= 11 is 0. The van der Waals surface area contributed by atoms with Crippen LogP contribution in [0.25, 0.3) is 0 Å². The molecule has 1 heterocycles. The van der Waals surface area contributed by atoms with Crippen molar-refractivity contribution in [1.29, 1.82) is 0 Å². The molecule has 0 unspecified atom stereocenters. The van der Waals surface area contributed by atoms with Crippen molar-refractivity contribution in [1.82, 2.24) is 4.90 Å². The first-order chi connectivity index (χ1) is 11.3. The van der Waals surface area contributed by atoms with Gasteiger partial charge in [0, 0.05) is 12.1 Å². The van der Waals surface area contributed by atoms with Gasteiger partial charge in [0.15, 0.2) is 0 Å². The van der Waals surface area contributed by atoms with E-state index in [4.69, 9.17) is 14.2 Å². The second-order valence-corrected chi connectivity index (χ2v) is 6.83. The molecule has 0 radical (unpaired) electrons. The Morgan fingerprint density at radius 2 is 2.12 bits per heavy atom. The Kier molecular flexibility index (Phi) is 5.91. The number of rotatable bonds is 4. The third kappa shape index (κ3) is 5.01. The summed E-state index contributed by atoms with van der Waals surface area (Å²) in [5, 5.41) is 0. The highest BCUT2D eigenvalue weighted by molar-refractivity contribution is 5.68. The highest BCUT2D eigenvalue weighted by Gasteiger charge is 2.27. The van der Waals surface area contributed by atoms with Crippen LogP contribution in [0.5, 0.6) is 11.5 Å². The van der Waals surface area contributed by atoms with Crippen LogP contribution in [-0.2, 0) is 11.3 Å². The molecule has 1 aliphatic rings. The molecular weight excluding hydrogens is 313 g/mol. The van der Waals surface area contributed by atoms with Crippen LogP contribution in [0, 0.1) is 5.82 Å². The number of carbonyl (C=O) groups is 1. The molecule has 24 heavy (non-hydrogen) atoms. The van der Waals surface area contributed by atoms with Crippen molar-refractivity contribution >= 4 is 6.09 Å². The van der Waals surface area contributed by atoms with E-state index in [1.807, 2.05) is 20.8 Å². The zero-order chi connectivity index (χ0) is 17.7. The van der Waals surface area contributed by atoms with Crippen LogP contribution in [0.15, 0.2) is 12.1 Å². The maximum atomic E-state index is 13.8. The van der Waals surface area contributed by atoms with Crippen LogP contribution in [0.1, 0.15) is 46.1 Å². The van der Waals surface area contributed by atoms with E-state index in [-0.39, 0.29) is 13.2 Å². The fraction of sp³-hybridized carbons (Fsp3) is 0.611. The van der Waals surface area contributed by atoms with Gasteiger partial charge in [0.25, 0.3) is 0 Å². The Balaban J connectivity index is 2.22. The predicted molar refractivity (Wildman–Crippen MR) is 88.9 cm³/mol. The van der Waals surface area contributed by atoms with Gasteiger partial charge in [-0.1, -0.05) is 13.3 Å². The average molecular weight is 339 g/mol. The van der Waals surface area contributed by atoms with Gasteiger partial charge in [-0.15, -0.1) is 0 Å². The SMILES string of the molecule is CCCCOc1cc(F)cc2c1CN(C(=O)OC(C)(C)C)CCO2. The van der Waals surface area contributed by atoms with Gasteiger partial charge in [-0.25, -0.2) is 9.18 Å². The highest BCUT2D eigenvalue weighted by atomic mass is 19.1. The van der Waals surface area contributed by atoms with Gasteiger partial charge in [0.05, 0.1) is 25.3 Å². The van der Waals surface area contributed by atoms with Crippen molar-refractivity contribution in [3.8, 4) is 11.5 Å². The first-order valence-corrected chi connectivity index (χ1v) is 8.36. The van der Waals surface area contributed by atoms with Crippen molar-refractivity contribution in [2.75, 3.05) is 19.8 Å². The maximum Gasteiger partial charge on any atom is 0.410 e. The van der Waals surface area contributed by atoms with Crippen LogP contribution in [0.3, 0.4) is 0 Å². The number of amides is 1. The fourth-order valence-electron chi connectivity index (χ4n) is 2.35. The molecule has 0 saturated carbocycles. The van der Waals surface area contributed by atoms with Gasteiger partial charge in [0.2, 0.25) is 0 Å². The average Bonchev–Trinajstić information content (AvgIpc) is 2.68. The van der Waals surface area contributed by atoms with E-state index in [9.17, 15) is 9.18 Å². The predicted octanol–water partition coefficient (Wildman–Crippen LogP) is 4.13. The Morgan fingerprint density at radius 3 is 2.79 bits per heavy atom. The van der Waals surface area contributed by atoms with Crippen LogP contribution >= 0.6 is 0 Å². The minimum absolute atomic E-state index is 0.270. The Labute approximate surface area is 142 Å². The Morgan fingerprint density at radius 1 is 1.38 bits per heavy atom. The van der Waals surface area contributed by atoms with Gasteiger partial charge >= 0.3 is 6.09 Å². The highest BCUT2D eigenvalue weighted by Crippen LogP contribution is 2.33. The second kappa shape index (κ2) is 7.73. The molecule has 1 aromatic rings. The van der Waals surface area contributed by atoms with Crippen molar-refractivity contribution in [2.45, 2.75) is 52.7 Å². The monoisotopic (exact) mass is 339 g/mol. The molecule has 1 aliphatic heterocycles. The van der Waals surface area contributed by atoms with E-state index in [1.165, 1.54) is 12.1 Å². The molecule has 0 atom stereocenters. The van der Waals surface area contributed by atoms with E-state index < -0.39 is 17.5 Å². The maximum absolute atomic E-state index is 13.8. The van der Waals surface area contributed by atoms with Crippen LogP contribution in [0.2, 0.25) is 0 Å². The minimum atomic E-state index is -0.573. The summed E-state index contributed by atoms with van der Waals surface area (Å²) in [5.74, 6) is 0.437. The summed E-state index contributed by atoms with van der Waals surface area (Å²) in [4.78, 5) is 13.9. The molecule has 0 aliphatic carbocycles. The molecule has 134 valence electrons. The number of nitrogens with zero attached hydrogens (tertiary/aromatic N) is 1. The molecule has 1 aromatic carbocycles. The van der Waals surface area contributed by atoms with E-state index in [0.29, 0.717) is 30.2 Å². The third-order valence-electron chi connectivity index (χ3n) is 3.51. The van der Waals surface area contributed by atoms with Gasteiger partial charge < -0.3 is 19.1 Å². The van der Waals surface area contributed by atoms with Crippen molar-refractivity contribution < 1.29 is 23.4 Å². The summed E-state index contributed by atoms with van der Waals surface area (Å²) in [6.07, 6.45) is 1.45. The van der Waals surface area contributed by atoms with Crippen LogP contribution in [-0.4, -0.2) is 36.4 Å². The van der Waals surface area contributed by atoms with Gasteiger partial charge in [-0.2, -0.15) is 0 Å². The molecule has 0 saturated heterocycles. The number of benzene rings is 1. The van der Waals surface area contributed by atoms with Gasteiger partial charge in [-0.3, -0.25) is 0 Å². The lowest BCUT2D eigenvalue weighted by Gasteiger charge is -2.26. The minimum Gasteiger partial charge on any atom is -0.493 e. The van der Waals surface area contributed by atoms with E-state index in [2.05, 4.69) is 6.92 Å². The lowest BCUT2D eigenvalue weighted by atomic mass is 10.1. The zero-order valence-electron chi connectivity index (χ0n) is 14.9. The fourth-order valence-corrected chi connectivity index (χ4v) is 2.35. The Hall–Kier alpha value is -1.98. The molecule has 2 rings (SSSR count). The van der Waals surface area contributed by atoms with Crippen LogP contribution < -0.4 is 9.47 Å². The Bertz CT molecular complexity index is 583. The molecule has 6 heteroatoms. The molecule has 0 spiro atoms. The topological polar surface area (TPSA) is 48.0 Å². The van der Waals surface area contributed by atoms with Crippen LogP contribution in [0.4, 0.5) is 9.18 Å². The number of ether oxygens (including phenoxy) is 3. The smallest absolute Gasteiger partial charge is 0.410 e. The van der Waals surface area contributed by atoms with Crippen molar-refractivity contribution in [2.24, 2.45) is 0 Å². The molecular formula is C18H26FNO4. The summed E-state index contributed by atoms with van der Waals surface area (Å²) in [5.41, 5.74) is 0.104. The number of fused-ring (bicyclic) bond motifs is 1.